The van der Waals surface area contributed by atoms with E-state index in [-0.39, 0.29) is 0 Å². The summed E-state index contributed by atoms with van der Waals surface area (Å²) in [5, 5.41) is 12.7. The summed E-state index contributed by atoms with van der Waals surface area (Å²) in [7, 11) is 0. The Morgan fingerprint density at radius 3 is 2.81 bits per heavy atom. The minimum atomic E-state index is 0.640. The van der Waals surface area contributed by atoms with Crippen LogP contribution in [-0.2, 0) is 12.8 Å². The van der Waals surface area contributed by atoms with Crippen molar-refractivity contribution in [3.05, 3.63) is 47.1 Å². The maximum Gasteiger partial charge on any atom is 0.133 e. The molecule has 2 aromatic heterocycles. The number of aryl methyl sites for hydroxylation is 3. The summed E-state index contributed by atoms with van der Waals surface area (Å²) < 4.78 is 4.98. The fourth-order valence-corrected chi connectivity index (χ4v) is 1.48. The average molecular weight is 213 g/mol. The Bertz CT molecular complexity index is 525. The molecule has 0 aliphatic heterocycles. The van der Waals surface area contributed by atoms with E-state index in [1.54, 1.807) is 18.3 Å². The summed E-state index contributed by atoms with van der Waals surface area (Å²) in [5.41, 5.74) is 2.46. The topological polar surface area (TPSA) is 62.7 Å². The predicted octanol–water partition coefficient (Wildman–Crippen LogP) is 2.03. The molecule has 0 N–H and O–H groups in total. The highest BCUT2D eigenvalue weighted by molar-refractivity contribution is 5.28. The first-order valence-electron chi connectivity index (χ1n) is 5.05. The molecular formula is C12H11N3O. The van der Waals surface area contributed by atoms with E-state index in [1.165, 1.54) is 0 Å². The van der Waals surface area contributed by atoms with E-state index in [4.69, 9.17) is 9.78 Å². The number of rotatable bonds is 3. The summed E-state index contributed by atoms with van der Waals surface area (Å²) in [6.07, 6.45) is 3.20. The molecule has 0 aromatic carbocycles. The maximum atomic E-state index is 8.75. The van der Waals surface area contributed by atoms with Gasteiger partial charge in [0.25, 0.3) is 0 Å². The van der Waals surface area contributed by atoms with Gasteiger partial charge in [0.05, 0.1) is 17.3 Å². The SMILES string of the molecule is Cc1cc(CCc2cc(C#N)ccn2)no1. The number of hydrogen-bond acceptors (Lipinski definition) is 4. The quantitative estimate of drug-likeness (QED) is 0.782. The van der Waals surface area contributed by atoms with Gasteiger partial charge in [-0.05, 0) is 31.9 Å². The third kappa shape index (κ3) is 2.45. The highest BCUT2D eigenvalue weighted by atomic mass is 16.5. The molecule has 2 aromatic rings. The summed E-state index contributed by atoms with van der Waals surface area (Å²) in [6, 6.07) is 7.50. The lowest BCUT2D eigenvalue weighted by molar-refractivity contribution is 0.390. The zero-order valence-electron chi connectivity index (χ0n) is 8.97. The molecule has 0 saturated carbocycles. The van der Waals surface area contributed by atoms with Crippen LogP contribution >= 0.6 is 0 Å². The van der Waals surface area contributed by atoms with Crippen LogP contribution in [0.3, 0.4) is 0 Å². The molecule has 4 nitrogen and oxygen atoms in total. The Morgan fingerprint density at radius 1 is 1.31 bits per heavy atom. The minimum absolute atomic E-state index is 0.640. The second-order valence-corrected chi connectivity index (χ2v) is 3.58. The van der Waals surface area contributed by atoms with Crippen LogP contribution in [0, 0.1) is 18.3 Å². The molecule has 0 amide bonds. The smallest absolute Gasteiger partial charge is 0.133 e. The number of nitriles is 1. The zero-order chi connectivity index (χ0) is 11.4. The molecule has 0 bridgehead atoms. The zero-order valence-corrected chi connectivity index (χ0v) is 8.97. The van der Waals surface area contributed by atoms with Crippen LogP contribution in [0.5, 0.6) is 0 Å². The Labute approximate surface area is 93.5 Å². The first-order valence-corrected chi connectivity index (χ1v) is 5.05. The summed E-state index contributed by atoms with van der Waals surface area (Å²) in [5.74, 6) is 0.814. The fraction of sp³-hybridized carbons (Fsp3) is 0.250. The molecule has 16 heavy (non-hydrogen) atoms. The molecule has 4 heteroatoms. The molecule has 0 spiro atoms. The molecule has 0 saturated heterocycles. The van der Waals surface area contributed by atoms with Crippen molar-refractivity contribution in [3.8, 4) is 6.07 Å². The summed E-state index contributed by atoms with van der Waals surface area (Å²) in [4.78, 5) is 4.20. The lowest BCUT2D eigenvalue weighted by Crippen LogP contribution is -1.95. The number of hydrogen-bond donors (Lipinski definition) is 0. The van der Waals surface area contributed by atoms with Crippen LogP contribution < -0.4 is 0 Å². The number of pyridine rings is 1. The first kappa shape index (κ1) is 10.4. The van der Waals surface area contributed by atoms with Crippen molar-refractivity contribution in [1.29, 1.82) is 5.26 Å². The Balaban J connectivity index is 2.02. The third-order valence-electron chi connectivity index (χ3n) is 2.26. The van der Waals surface area contributed by atoms with Crippen LogP contribution in [0.15, 0.2) is 28.9 Å². The van der Waals surface area contributed by atoms with E-state index in [9.17, 15) is 0 Å². The highest BCUT2D eigenvalue weighted by Gasteiger charge is 2.02. The fourth-order valence-electron chi connectivity index (χ4n) is 1.48. The average Bonchev–Trinajstić information content (AvgIpc) is 2.73. The standard InChI is InChI=1S/C12H11N3O/c1-9-6-12(15-16-9)3-2-11-7-10(8-13)4-5-14-11/h4-7H,2-3H2,1H3. The van der Waals surface area contributed by atoms with Gasteiger partial charge in [-0.2, -0.15) is 5.26 Å². The Hall–Kier alpha value is -2.15. The van der Waals surface area contributed by atoms with Crippen molar-refractivity contribution >= 4 is 0 Å². The lowest BCUT2D eigenvalue weighted by atomic mass is 10.1. The van der Waals surface area contributed by atoms with Gasteiger partial charge in [0.15, 0.2) is 0 Å². The van der Waals surface area contributed by atoms with Crippen LogP contribution in [0.2, 0.25) is 0 Å². The largest absolute Gasteiger partial charge is 0.361 e. The van der Waals surface area contributed by atoms with Gasteiger partial charge in [0, 0.05) is 18.0 Å². The molecule has 0 fully saturated rings. The van der Waals surface area contributed by atoms with E-state index in [1.807, 2.05) is 13.0 Å². The van der Waals surface area contributed by atoms with E-state index in [0.717, 1.165) is 30.0 Å². The van der Waals surface area contributed by atoms with Crippen molar-refractivity contribution in [3.63, 3.8) is 0 Å². The van der Waals surface area contributed by atoms with Gasteiger partial charge < -0.3 is 4.52 Å². The second kappa shape index (κ2) is 4.58. The normalized spacial score (nSPS) is 10.0. The van der Waals surface area contributed by atoms with Crippen LogP contribution in [0.1, 0.15) is 22.7 Å². The van der Waals surface area contributed by atoms with Crippen LogP contribution in [-0.4, -0.2) is 10.1 Å². The molecule has 2 rings (SSSR count). The van der Waals surface area contributed by atoms with Crippen LogP contribution in [0.4, 0.5) is 0 Å². The predicted molar refractivity (Wildman–Crippen MR) is 57.6 cm³/mol. The molecular weight excluding hydrogens is 202 g/mol. The molecule has 0 aliphatic rings. The van der Waals surface area contributed by atoms with Crippen molar-refractivity contribution in [2.45, 2.75) is 19.8 Å². The molecule has 0 atom stereocenters. The van der Waals surface area contributed by atoms with Gasteiger partial charge in [-0.1, -0.05) is 5.16 Å². The lowest BCUT2D eigenvalue weighted by Gasteiger charge is -1.97. The van der Waals surface area contributed by atoms with Gasteiger partial charge >= 0.3 is 0 Å². The van der Waals surface area contributed by atoms with E-state index in [2.05, 4.69) is 16.2 Å². The molecule has 80 valence electrons. The highest BCUT2D eigenvalue weighted by Crippen LogP contribution is 2.07. The van der Waals surface area contributed by atoms with E-state index in [0.29, 0.717) is 5.56 Å². The molecule has 0 unspecified atom stereocenters. The number of nitrogens with zero attached hydrogens (tertiary/aromatic N) is 3. The molecule has 2 heterocycles. The van der Waals surface area contributed by atoms with Gasteiger partial charge in [0.1, 0.15) is 5.76 Å². The van der Waals surface area contributed by atoms with Crippen molar-refractivity contribution in [2.24, 2.45) is 0 Å². The van der Waals surface area contributed by atoms with Crippen molar-refractivity contribution in [2.75, 3.05) is 0 Å². The van der Waals surface area contributed by atoms with Gasteiger partial charge in [-0.3, -0.25) is 4.98 Å². The van der Waals surface area contributed by atoms with Crippen molar-refractivity contribution < 1.29 is 4.52 Å². The summed E-state index contributed by atoms with van der Waals surface area (Å²) in [6.45, 7) is 1.87. The Morgan fingerprint density at radius 2 is 2.12 bits per heavy atom. The van der Waals surface area contributed by atoms with E-state index < -0.39 is 0 Å². The third-order valence-corrected chi connectivity index (χ3v) is 2.26. The summed E-state index contributed by atoms with van der Waals surface area (Å²) >= 11 is 0. The number of aromatic nitrogens is 2. The molecule has 0 radical (unpaired) electrons. The first-order chi connectivity index (χ1) is 7.78. The monoisotopic (exact) mass is 213 g/mol. The second-order valence-electron chi connectivity index (χ2n) is 3.58. The van der Waals surface area contributed by atoms with Gasteiger partial charge in [0.2, 0.25) is 0 Å². The van der Waals surface area contributed by atoms with Gasteiger partial charge in [-0.15, -0.1) is 0 Å². The Kier molecular flexibility index (Phi) is 2.97. The van der Waals surface area contributed by atoms with Crippen molar-refractivity contribution in [1.82, 2.24) is 10.1 Å². The van der Waals surface area contributed by atoms with Crippen LogP contribution in [0.25, 0.3) is 0 Å². The maximum absolute atomic E-state index is 8.75. The van der Waals surface area contributed by atoms with Gasteiger partial charge in [-0.25, -0.2) is 0 Å². The van der Waals surface area contributed by atoms with E-state index >= 15 is 0 Å². The molecule has 0 aliphatic carbocycles. The minimum Gasteiger partial charge on any atom is -0.361 e.